The normalized spacial score (nSPS) is 11.9. The Morgan fingerprint density at radius 2 is 1.86 bits per heavy atom. The Hall–Kier alpha value is -2.87. The van der Waals surface area contributed by atoms with Gasteiger partial charge in [0.15, 0.2) is 0 Å². The summed E-state index contributed by atoms with van der Waals surface area (Å²) in [5.41, 5.74) is 2.50. The largest absolute Gasteiger partial charge is 0.507 e. The van der Waals surface area contributed by atoms with E-state index in [4.69, 9.17) is 0 Å². The molecule has 0 spiro atoms. The number of phenolic OH excluding ortho intramolecular Hbond substituents is 1. The van der Waals surface area contributed by atoms with Crippen LogP contribution in [-0.4, -0.2) is 25.1 Å². The fraction of sp³-hybridized carbons (Fsp3) is 0.300. The van der Waals surface area contributed by atoms with Crippen molar-refractivity contribution in [1.82, 2.24) is 4.83 Å². The number of hydrogen-bond acceptors (Lipinski definition) is 5. The number of rotatable bonds is 7. The lowest BCUT2D eigenvalue weighted by atomic mass is 10.1. The summed E-state index contributed by atoms with van der Waals surface area (Å²) >= 11 is 0. The minimum Gasteiger partial charge on any atom is -0.507 e. The highest BCUT2D eigenvalue weighted by atomic mass is 32.2. The first-order valence-corrected chi connectivity index (χ1v) is 10.4. The maximum absolute atomic E-state index is 12.6. The van der Waals surface area contributed by atoms with E-state index in [1.54, 1.807) is 38.1 Å². The lowest BCUT2D eigenvalue weighted by Gasteiger charge is -2.11. The van der Waals surface area contributed by atoms with Crippen LogP contribution >= 0.6 is 0 Å². The molecule has 0 saturated heterocycles. The van der Waals surface area contributed by atoms with Gasteiger partial charge in [0.1, 0.15) is 5.75 Å². The third-order valence-corrected chi connectivity index (χ3v) is 5.46. The molecule has 0 heterocycles. The van der Waals surface area contributed by atoms with Crippen molar-refractivity contribution < 1.29 is 18.3 Å². The summed E-state index contributed by atoms with van der Waals surface area (Å²) < 4.78 is 25.1. The van der Waals surface area contributed by atoms with Crippen LogP contribution in [-0.2, 0) is 14.8 Å². The SMILES string of the molecule is CCCC(=O)Nc1ccc(O)c(/C(C)=N/NS(=O)(=O)c2cc(C)ccc2C)c1. The van der Waals surface area contributed by atoms with E-state index in [9.17, 15) is 18.3 Å². The molecular formula is C20H25N3O4S. The summed E-state index contributed by atoms with van der Waals surface area (Å²) in [4.78, 5) is 14.1. The molecular weight excluding hydrogens is 378 g/mol. The van der Waals surface area contributed by atoms with E-state index < -0.39 is 10.0 Å². The van der Waals surface area contributed by atoms with Crippen LogP contribution in [0.1, 0.15) is 43.4 Å². The Balaban J connectivity index is 2.27. The molecule has 8 heteroatoms. The number of amides is 1. The first-order chi connectivity index (χ1) is 13.1. The average Bonchev–Trinajstić information content (AvgIpc) is 2.63. The number of phenols is 1. The zero-order valence-corrected chi connectivity index (χ0v) is 17.2. The average molecular weight is 404 g/mol. The molecule has 0 bridgehead atoms. The van der Waals surface area contributed by atoms with Crippen LogP contribution in [0.5, 0.6) is 5.75 Å². The van der Waals surface area contributed by atoms with Crippen molar-refractivity contribution in [1.29, 1.82) is 0 Å². The smallest absolute Gasteiger partial charge is 0.276 e. The molecule has 0 aliphatic carbocycles. The Labute approximate surface area is 165 Å². The van der Waals surface area contributed by atoms with Gasteiger partial charge in [0.2, 0.25) is 5.91 Å². The van der Waals surface area contributed by atoms with E-state index in [0.717, 1.165) is 12.0 Å². The van der Waals surface area contributed by atoms with Crippen molar-refractivity contribution in [2.24, 2.45) is 5.10 Å². The predicted molar refractivity (Wildman–Crippen MR) is 110 cm³/mol. The van der Waals surface area contributed by atoms with Gasteiger partial charge in [-0.15, -0.1) is 0 Å². The van der Waals surface area contributed by atoms with Gasteiger partial charge >= 0.3 is 0 Å². The second kappa shape index (κ2) is 8.88. The van der Waals surface area contributed by atoms with Crippen LogP contribution in [0.2, 0.25) is 0 Å². The van der Waals surface area contributed by atoms with Gasteiger partial charge in [0, 0.05) is 17.7 Å². The van der Waals surface area contributed by atoms with Crippen molar-refractivity contribution in [2.45, 2.75) is 45.4 Å². The number of carbonyl (C=O) groups excluding carboxylic acids is 1. The van der Waals surface area contributed by atoms with Gasteiger partial charge in [-0.2, -0.15) is 18.4 Å². The van der Waals surface area contributed by atoms with Crippen molar-refractivity contribution >= 4 is 27.3 Å². The summed E-state index contributed by atoms with van der Waals surface area (Å²) in [5.74, 6) is -0.204. The number of nitrogens with zero attached hydrogens (tertiary/aromatic N) is 1. The van der Waals surface area contributed by atoms with Gasteiger partial charge in [-0.3, -0.25) is 4.79 Å². The molecule has 0 aromatic heterocycles. The number of sulfonamides is 1. The van der Waals surface area contributed by atoms with Crippen molar-refractivity contribution in [3.63, 3.8) is 0 Å². The molecule has 1 amide bonds. The number of aryl methyl sites for hydroxylation is 2. The molecule has 0 saturated carbocycles. The molecule has 0 fully saturated rings. The van der Waals surface area contributed by atoms with Crippen LogP contribution in [0.4, 0.5) is 5.69 Å². The number of benzene rings is 2. The number of hydrogen-bond donors (Lipinski definition) is 3. The molecule has 0 aliphatic rings. The second-order valence-electron chi connectivity index (χ2n) is 6.59. The topological polar surface area (TPSA) is 108 Å². The lowest BCUT2D eigenvalue weighted by Crippen LogP contribution is -2.21. The van der Waals surface area contributed by atoms with Crippen LogP contribution in [0.3, 0.4) is 0 Å². The molecule has 7 nitrogen and oxygen atoms in total. The lowest BCUT2D eigenvalue weighted by molar-refractivity contribution is -0.116. The van der Waals surface area contributed by atoms with Crippen LogP contribution in [0.15, 0.2) is 46.4 Å². The van der Waals surface area contributed by atoms with Gasteiger partial charge in [-0.1, -0.05) is 19.1 Å². The van der Waals surface area contributed by atoms with E-state index in [2.05, 4.69) is 15.2 Å². The Morgan fingerprint density at radius 1 is 1.14 bits per heavy atom. The minimum atomic E-state index is -3.85. The standard InChI is InChI=1S/C20H25N3O4S/c1-5-6-20(25)21-16-9-10-18(24)17(12-16)15(4)22-23-28(26,27)19-11-13(2)7-8-14(19)3/h7-12,23-24H,5-6H2,1-4H3,(H,21,25)/b22-15+. The number of aromatic hydroxyl groups is 1. The highest BCUT2D eigenvalue weighted by Gasteiger charge is 2.17. The van der Waals surface area contributed by atoms with E-state index in [1.165, 1.54) is 6.07 Å². The number of carbonyl (C=O) groups is 1. The van der Waals surface area contributed by atoms with E-state index in [-0.39, 0.29) is 22.3 Å². The quantitative estimate of drug-likeness (QED) is 0.374. The highest BCUT2D eigenvalue weighted by Crippen LogP contribution is 2.23. The summed E-state index contributed by atoms with van der Waals surface area (Å²) in [6.45, 7) is 6.99. The Morgan fingerprint density at radius 3 is 2.54 bits per heavy atom. The molecule has 0 aliphatic heterocycles. The van der Waals surface area contributed by atoms with Crippen molar-refractivity contribution in [3.05, 3.63) is 53.1 Å². The summed E-state index contributed by atoms with van der Waals surface area (Å²) in [5, 5.41) is 16.8. The van der Waals surface area contributed by atoms with Gasteiger partial charge in [0.25, 0.3) is 10.0 Å². The van der Waals surface area contributed by atoms with Gasteiger partial charge in [0.05, 0.1) is 10.6 Å². The number of hydrazone groups is 1. The van der Waals surface area contributed by atoms with Gasteiger partial charge in [-0.25, -0.2) is 0 Å². The Bertz CT molecular complexity index is 1010. The molecule has 0 atom stereocenters. The van der Waals surface area contributed by atoms with Crippen LogP contribution in [0.25, 0.3) is 0 Å². The molecule has 2 aromatic rings. The molecule has 3 N–H and O–H groups in total. The maximum atomic E-state index is 12.6. The van der Waals surface area contributed by atoms with Crippen LogP contribution < -0.4 is 10.1 Å². The highest BCUT2D eigenvalue weighted by molar-refractivity contribution is 7.89. The first-order valence-electron chi connectivity index (χ1n) is 8.90. The number of anilines is 1. The minimum absolute atomic E-state index is 0.0688. The summed E-state index contributed by atoms with van der Waals surface area (Å²) in [6, 6.07) is 9.68. The Kier molecular flexibility index (Phi) is 6.80. The third kappa shape index (κ3) is 5.32. The third-order valence-electron chi connectivity index (χ3n) is 4.11. The molecule has 0 radical (unpaired) electrons. The van der Waals surface area contributed by atoms with E-state index >= 15 is 0 Å². The summed E-state index contributed by atoms with van der Waals surface area (Å²) in [6.07, 6.45) is 1.11. The second-order valence-corrected chi connectivity index (χ2v) is 8.22. The van der Waals surface area contributed by atoms with Gasteiger partial charge in [-0.05, 0) is 62.6 Å². The van der Waals surface area contributed by atoms with Crippen molar-refractivity contribution in [3.8, 4) is 5.75 Å². The van der Waals surface area contributed by atoms with E-state index in [0.29, 0.717) is 23.2 Å². The van der Waals surface area contributed by atoms with Crippen LogP contribution in [0, 0.1) is 13.8 Å². The summed E-state index contributed by atoms with van der Waals surface area (Å²) in [7, 11) is -3.85. The maximum Gasteiger partial charge on any atom is 0.276 e. The number of nitrogens with one attached hydrogen (secondary N) is 2. The zero-order chi connectivity index (χ0) is 20.9. The molecule has 2 aromatic carbocycles. The molecule has 0 unspecified atom stereocenters. The molecule has 2 rings (SSSR count). The zero-order valence-electron chi connectivity index (χ0n) is 16.4. The van der Waals surface area contributed by atoms with E-state index in [1.807, 2.05) is 19.9 Å². The first kappa shape index (κ1) is 21.4. The monoisotopic (exact) mass is 403 g/mol. The van der Waals surface area contributed by atoms with Crippen molar-refractivity contribution in [2.75, 3.05) is 5.32 Å². The molecule has 150 valence electrons. The predicted octanol–water partition coefficient (Wildman–Crippen LogP) is 3.45. The molecule has 28 heavy (non-hydrogen) atoms. The fourth-order valence-corrected chi connectivity index (χ4v) is 3.78. The fourth-order valence-electron chi connectivity index (χ4n) is 2.59. The van der Waals surface area contributed by atoms with Gasteiger partial charge < -0.3 is 10.4 Å².